The Morgan fingerprint density at radius 3 is 2.33 bits per heavy atom. The van der Waals surface area contributed by atoms with Gasteiger partial charge < -0.3 is 20.9 Å². The topological polar surface area (TPSA) is 95.7 Å². The molecule has 1 rings (SSSR count). The van der Waals surface area contributed by atoms with Crippen molar-refractivity contribution in [1.82, 2.24) is 15.1 Å². The maximum absolute atomic E-state index is 12.5. The first-order valence-corrected chi connectivity index (χ1v) is 8.44. The van der Waals surface area contributed by atoms with E-state index < -0.39 is 12.1 Å². The number of nitrogens with two attached hydrogens (primary N) is 1. The average Bonchev–Trinajstić information content (AvgIpc) is 3.01. The first-order valence-electron chi connectivity index (χ1n) is 8.44. The largest absolute Gasteiger partial charge is 0.346 e. The lowest BCUT2D eigenvalue weighted by Gasteiger charge is -2.29. The van der Waals surface area contributed by atoms with E-state index in [1.54, 1.807) is 9.80 Å². The molecular weight excluding hydrogens is 332 g/mol. The molecule has 0 aliphatic carbocycles. The number of rotatable bonds is 7. The summed E-state index contributed by atoms with van der Waals surface area (Å²) in [6.07, 6.45) is 1.49. The summed E-state index contributed by atoms with van der Waals surface area (Å²) in [5.74, 6) is -0.559. The van der Waals surface area contributed by atoms with Crippen LogP contribution in [0.1, 0.15) is 40.5 Å². The highest BCUT2D eigenvalue weighted by Crippen LogP contribution is 2.19. The summed E-state index contributed by atoms with van der Waals surface area (Å²) in [5.41, 5.74) is 5.75. The predicted molar refractivity (Wildman–Crippen MR) is 95.7 cm³/mol. The fourth-order valence-electron chi connectivity index (χ4n) is 2.75. The summed E-state index contributed by atoms with van der Waals surface area (Å²) in [5, 5.41) is 2.58. The lowest BCUT2D eigenvalue weighted by molar-refractivity contribution is -0.143. The van der Waals surface area contributed by atoms with Crippen LogP contribution in [0.15, 0.2) is 0 Å². The average molecular weight is 363 g/mol. The van der Waals surface area contributed by atoms with E-state index in [0.29, 0.717) is 26.1 Å². The second-order valence-corrected chi connectivity index (χ2v) is 6.24. The van der Waals surface area contributed by atoms with E-state index in [-0.39, 0.29) is 42.6 Å². The molecule has 7 nitrogen and oxygen atoms in total. The van der Waals surface area contributed by atoms with Gasteiger partial charge in [0.15, 0.2) is 0 Å². The van der Waals surface area contributed by atoms with E-state index in [1.807, 2.05) is 27.7 Å². The quantitative estimate of drug-likeness (QED) is 0.683. The van der Waals surface area contributed by atoms with Gasteiger partial charge in [0.05, 0.1) is 12.6 Å². The van der Waals surface area contributed by atoms with Crippen LogP contribution >= 0.6 is 12.4 Å². The molecule has 1 heterocycles. The van der Waals surface area contributed by atoms with Crippen molar-refractivity contribution in [2.24, 2.45) is 11.7 Å². The number of likely N-dealkylation sites (tertiary alicyclic amines) is 1. The molecule has 0 bridgehead atoms. The zero-order valence-corrected chi connectivity index (χ0v) is 15.9. The van der Waals surface area contributed by atoms with Crippen molar-refractivity contribution in [1.29, 1.82) is 0 Å². The van der Waals surface area contributed by atoms with E-state index in [2.05, 4.69) is 5.32 Å². The van der Waals surface area contributed by atoms with Crippen LogP contribution in [0.5, 0.6) is 0 Å². The van der Waals surface area contributed by atoms with Crippen molar-refractivity contribution >= 4 is 30.1 Å². The minimum Gasteiger partial charge on any atom is -0.346 e. The predicted octanol–water partition coefficient (Wildman–Crippen LogP) is 0.367. The standard InChI is InChI=1S/C16H30N4O3.ClH/c1-5-19(6-2)16(23)12-8-7-9-20(12)13(21)10-18-15(22)14(17)11(3)4;/h11-12,14H,5-10,17H2,1-4H3,(H,18,22);1H/t12?,14-;/m0./s1. The molecule has 24 heavy (non-hydrogen) atoms. The van der Waals surface area contributed by atoms with Gasteiger partial charge in [0.25, 0.3) is 0 Å². The highest BCUT2D eigenvalue weighted by Gasteiger charge is 2.35. The second-order valence-electron chi connectivity index (χ2n) is 6.24. The molecule has 0 saturated carbocycles. The zero-order valence-electron chi connectivity index (χ0n) is 15.1. The monoisotopic (exact) mass is 362 g/mol. The van der Waals surface area contributed by atoms with Gasteiger partial charge in [-0.05, 0) is 32.6 Å². The molecule has 0 spiro atoms. The Hall–Kier alpha value is -1.34. The van der Waals surface area contributed by atoms with Gasteiger partial charge >= 0.3 is 0 Å². The summed E-state index contributed by atoms with van der Waals surface area (Å²) in [6, 6.07) is -1.03. The van der Waals surface area contributed by atoms with Crippen molar-refractivity contribution in [3.05, 3.63) is 0 Å². The summed E-state index contributed by atoms with van der Waals surface area (Å²) < 4.78 is 0. The molecule has 3 amide bonds. The van der Waals surface area contributed by atoms with Gasteiger partial charge in [-0.25, -0.2) is 0 Å². The maximum atomic E-state index is 12.5. The Bertz CT molecular complexity index is 441. The third kappa shape index (κ3) is 5.63. The fourth-order valence-corrected chi connectivity index (χ4v) is 2.75. The van der Waals surface area contributed by atoms with Crippen molar-refractivity contribution in [2.45, 2.75) is 52.6 Å². The Morgan fingerprint density at radius 2 is 1.83 bits per heavy atom. The molecule has 140 valence electrons. The van der Waals surface area contributed by atoms with Crippen LogP contribution in [0, 0.1) is 5.92 Å². The van der Waals surface area contributed by atoms with Crippen LogP contribution in [-0.2, 0) is 14.4 Å². The first kappa shape index (κ1) is 22.7. The number of hydrogen-bond donors (Lipinski definition) is 2. The number of carbonyl (C=O) groups excluding carboxylic acids is 3. The number of amides is 3. The molecule has 0 aromatic heterocycles. The van der Waals surface area contributed by atoms with Crippen LogP contribution in [0.4, 0.5) is 0 Å². The number of nitrogens with one attached hydrogen (secondary N) is 1. The lowest BCUT2D eigenvalue weighted by Crippen LogP contribution is -2.52. The number of likely N-dealkylation sites (N-methyl/N-ethyl adjacent to an activating group) is 1. The summed E-state index contributed by atoms with van der Waals surface area (Å²) in [6.45, 7) is 9.27. The molecule has 0 radical (unpaired) electrons. The molecule has 1 aliphatic heterocycles. The number of nitrogens with zero attached hydrogens (tertiary/aromatic N) is 2. The smallest absolute Gasteiger partial charge is 0.245 e. The summed E-state index contributed by atoms with van der Waals surface area (Å²) in [4.78, 5) is 40.0. The van der Waals surface area contributed by atoms with Crippen LogP contribution in [-0.4, -0.2) is 65.8 Å². The number of carbonyl (C=O) groups is 3. The van der Waals surface area contributed by atoms with Gasteiger partial charge in [0, 0.05) is 19.6 Å². The SMILES string of the molecule is CCN(CC)C(=O)C1CCCN1C(=O)CNC(=O)[C@@H](N)C(C)C.Cl. The van der Waals surface area contributed by atoms with Crippen LogP contribution in [0.25, 0.3) is 0 Å². The fraction of sp³-hybridized carbons (Fsp3) is 0.812. The van der Waals surface area contributed by atoms with Crippen molar-refractivity contribution in [3.8, 4) is 0 Å². The highest BCUT2D eigenvalue weighted by atomic mass is 35.5. The molecule has 1 saturated heterocycles. The number of hydrogen-bond acceptors (Lipinski definition) is 4. The van der Waals surface area contributed by atoms with Gasteiger partial charge in [-0.2, -0.15) is 0 Å². The Balaban J connectivity index is 0.00000529. The highest BCUT2D eigenvalue weighted by molar-refractivity contribution is 5.91. The molecule has 0 aromatic carbocycles. The van der Waals surface area contributed by atoms with Gasteiger partial charge in [-0.3, -0.25) is 14.4 Å². The maximum Gasteiger partial charge on any atom is 0.245 e. The van der Waals surface area contributed by atoms with Crippen molar-refractivity contribution < 1.29 is 14.4 Å². The lowest BCUT2D eigenvalue weighted by atomic mass is 10.1. The molecule has 3 N–H and O–H groups in total. The van der Waals surface area contributed by atoms with Gasteiger partial charge in [-0.15, -0.1) is 12.4 Å². The Kier molecular flexibility index (Phi) is 9.92. The van der Waals surface area contributed by atoms with E-state index in [0.717, 1.165) is 6.42 Å². The van der Waals surface area contributed by atoms with E-state index in [1.165, 1.54) is 0 Å². The normalized spacial score (nSPS) is 18.1. The minimum absolute atomic E-state index is 0. The minimum atomic E-state index is -0.630. The van der Waals surface area contributed by atoms with Crippen LogP contribution in [0.3, 0.4) is 0 Å². The van der Waals surface area contributed by atoms with Crippen LogP contribution in [0.2, 0.25) is 0 Å². The molecular formula is C16H31ClN4O3. The molecule has 1 fully saturated rings. The van der Waals surface area contributed by atoms with Gasteiger partial charge in [0.2, 0.25) is 17.7 Å². The van der Waals surface area contributed by atoms with Gasteiger partial charge in [-0.1, -0.05) is 13.8 Å². The molecule has 8 heteroatoms. The molecule has 1 aliphatic rings. The molecule has 0 aromatic rings. The van der Waals surface area contributed by atoms with Gasteiger partial charge in [0.1, 0.15) is 6.04 Å². The first-order chi connectivity index (χ1) is 10.8. The third-order valence-corrected chi connectivity index (χ3v) is 4.37. The molecule has 2 atom stereocenters. The summed E-state index contributed by atoms with van der Waals surface area (Å²) >= 11 is 0. The van der Waals surface area contributed by atoms with Crippen molar-refractivity contribution in [2.75, 3.05) is 26.2 Å². The third-order valence-electron chi connectivity index (χ3n) is 4.37. The Labute approximate surface area is 150 Å². The van der Waals surface area contributed by atoms with E-state index in [4.69, 9.17) is 5.73 Å². The second kappa shape index (κ2) is 10.5. The number of halogens is 1. The van der Waals surface area contributed by atoms with E-state index >= 15 is 0 Å². The van der Waals surface area contributed by atoms with Crippen molar-refractivity contribution in [3.63, 3.8) is 0 Å². The zero-order chi connectivity index (χ0) is 17.6. The van der Waals surface area contributed by atoms with E-state index in [9.17, 15) is 14.4 Å². The Morgan fingerprint density at radius 1 is 1.25 bits per heavy atom. The summed E-state index contributed by atoms with van der Waals surface area (Å²) in [7, 11) is 0. The molecule has 1 unspecified atom stereocenters. The van der Waals surface area contributed by atoms with Crippen LogP contribution < -0.4 is 11.1 Å².